The Bertz CT molecular complexity index is 751. The van der Waals surface area contributed by atoms with E-state index < -0.39 is 0 Å². The van der Waals surface area contributed by atoms with Crippen molar-refractivity contribution >= 4 is 17.2 Å². The van der Waals surface area contributed by atoms with Crippen molar-refractivity contribution in [3.63, 3.8) is 0 Å². The lowest BCUT2D eigenvalue weighted by atomic mass is 10.1. The van der Waals surface area contributed by atoms with E-state index in [-0.39, 0.29) is 5.92 Å². The van der Waals surface area contributed by atoms with Crippen LogP contribution in [0.3, 0.4) is 0 Å². The number of carbonyl (C=O) groups excluding carboxylic acids is 1. The first-order valence-corrected chi connectivity index (χ1v) is 10.9. The molecule has 0 atom stereocenters. The summed E-state index contributed by atoms with van der Waals surface area (Å²) < 4.78 is 11.0. The summed E-state index contributed by atoms with van der Waals surface area (Å²) in [5.74, 6) is 2.55. The first-order chi connectivity index (χ1) is 13.5. The molecule has 0 radical (unpaired) electrons. The molecule has 1 aliphatic rings. The van der Waals surface area contributed by atoms with Gasteiger partial charge in [0.05, 0.1) is 19.3 Å². The molecule has 0 unspecified atom stereocenters. The Morgan fingerprint density at radius 1 is 1.21 bits per heavy atom. The number of methoxy groups -OCH3 is 1. The highest BCUT2D eigenvalue weighted by atomic mass is 32.1. The van der Waals surface area contributed by atoms with Gasteiger partial charge < -0.3 is 14.4 Å². The fourth-order valence-corrected chi connectivity index (χ4v) is 4.30. The Morgan fingerprint density at radius 3 is 2.54 bits per heavy atom. The van der Waals surface area contributed by atoms with Gasteiger partial charge in [0, 0.05) is 17.8 Å². The molecule has 1 aromatic heterocycles. The van der Waals surface area contributed by atoms with Crippen LogP contribution in [0.15, 0.2) is 29.6 Å². The monoisotopic (exact) mass is 402 g/mol. The molecule has 0 aliphatic heterocycles. The van der Waals surface area contributed by atoms with Crippen LogP contribution in [0.25, 0.3) is 0 Å². The van der Waals surface area contributed by atoms with E-state index in [1.807, 2.05) is 34.5 Å². The highest BCUT2D eigenvalue weighted by Crippen LogP contribution is 2.28. The zero-order valence-corrected chi connectivity index (χ0v) is 17.8. The number of aromatic nitrogens is 1. The molecule has 1 heterocycles. The maximum Gasteiger partial charge on any atom is 0.226 e. The second kappa shape index (κ2) is 9.92. The normalized spacial score (nSPS) is 14.4. The number of nitrogens with zero attached hydrogens (tertiary/aromatic N) is 2. The Kier molecular flexibility index (Phi) is 7.31. The second-order valence-electron chi connectivity index (χ2n) is 7.79. The van der Waals surface area contributed by atoms with E-state index in [4.69, 9.17) is 14.5 Å². The smallest absolute Gasteiger partial charge is 0.226 e. The Balaban J connectivity index is 1.58. The Hall–Kier alpha value is -2.08. The maximum absolute atomic E-state index is 12.9. The van der Waals surface area contributed by atoms with Crippen LogP contribution in [0, 0.1) is 11.8 Å². The van der Waals surface area contributed by atoms with Gasteiger partial charge in [-0.05, 0) is 43.0 Å². The highest BCUT2D eigenvalue weighted by molar-refractivity contribution is 7.09. The topological polar surface area (TPSA) is 51.7 Å². The number of carbonyl (C=O) groups is 1. The van der Waals surface area contributed by atoms with Crippen LogP contribution >= 0.6 is 11.3 Å². The third kappa shape index (κ3) is 5.71. The summed E-state index contributed by atoms with van der Waals surface area (Å²) in [7, 11) is 1.65. The molecule has 1 aromatic carbocycles. The van der Waals surface area contributed by atoms with Gasteiger partial charge in [0.1, 0.15) is 23.1 Å². The molecular formula is C22H30N2O3S. The molecule has 1 fully saturated rings. The molecule has 152 valence electrons. The third-order valence-corrected chi connectivity index (χ3v) is 5.85. The molecule has 0 spiro atoms. The van der Waals surface area contributed by atoms with Crippen LogP contribution in [0.5, 0.6) is 11.5 Å². The predicted octanol–water partition coefficient (Wildman–Crippen LogP) is 4.91. The first-order valence-electron chi connectivity index (χ1n) is 10.0. The number of hydrogen-bond acceptors (Lipinski definition) is 5. The van der Waals surface area contributed by atoms with Gasteiger partial charge in [0.15, 0.2) is 0 Å². The van der Waals surface area contributed by atoms with Crippen molar-refractivity contribution in [3.05, 3.63) is 40.3 Å². The summed E-state index contributed by atoms with van der Waals surface area (Å²) in [5, 5.41) is 2.96. The van der Waals surface area contributed by atoms with E-state index in [1.165, 1.54) is 12.8 Å². The lowest BCUT2D eigenvalue weighted by molar-refractivity contribution is -0.136. The quantitative estimate of drug-likeness (QED) is 0.598. The van der Waals surface area contributed by atoms with Crippen molar-refractivity contribution in [1.29, 1.82) is 0 Å². The standard InChI is InChI=1S/C22H30N2O3S/c1-16(2)12-24(22(25)17-6-4-5-7-17)13-18-15-28-21(23-18)14-27-20-10-8-19(26-3)9-11-20/h8-11,15-17H,4-7,12-14H2,1-3H3. The van der Waals surface area contributed by atoms with Crippen molar-refractivity contribution in [1.82, 2.24) is 9.88 Å². The zero-order valence-electron chi connectivity index (χ0n) is 17.0. The van der Waals surface area contributed by atoms with E-state index in [1.54, 1.807) is 18.4 Å². The zero-order chi connectivity index (χ0) is 19.9. The minimum absolute atomic E-state index is 0.204. The summed E-state index contributed by atoms with van der Waals surface area (Å²) in [5.41, 5.74) is 0.949. The van der Waals surface area contributed by atoms with Gasteiger partial charge in [0.25, 0.3) is 0 Å². The Labute approximate surface area is 171 Å². The molecule has 2 aromatic rings. The van der Waals surface area contributed by atoms with Gasteiger partial charge in [-0.2, -0.15) is 0 Å². The third-order valence-electron chi connectivity index (χ3n) is 4.98. The lowest BCUT2D eigenvalue weighted by Gasteiger charge is -2.26. The van der Waals surface area contributed by atoms with Crippen molar-refractivity contribution in [2.45, 2.75) is 52.7 Å². The van der Waals surface area contributed by atoms with Crippen LogP contribution < -0.4 is 9.47 Å². The molecule has 1 amide bonds. The van der Waals surface area contributed by atoms with Crippen molar-refractivity contribution < 1.29 is 14.3 Å². The molecule has 6 heteroatoms. The molecular weight excluding hydrogens is 372 g/mol. The molecule has 28 heavy (non-hydrogen) atoms. The molecule has 1 aliphatic carbocycles. The molecule has 0 saturated heterocycles. The van der Waals surface area contributed by atoms with Crippen molar-refractivity contribution in [2.75, 3.05) is 13.7 Å². The molecule has 5 nitrogen and oxygen atoms in total. The number of hydrogen-bond donors (Lipinski definition) is 0. The van der Waals surface area contributed by atoms with E-state index in [0.717, 1.165) is 41.6 Å². The van der Waals surface area contributed by atoms with Crippen LogP contribution in [0.2, 0.25) is 0 Å². The van der Waals surface area contributed by atoms with Crippen LogP contribution in [0.1, 0.15) is 50.2 Å². The minimum atomic E-state index is 0.204. The highest BCUT2D eigenvalue weighted by Gasteiger charge is 2.28. The van der Waals surface area contributed by atoms with Crippen molar-refractivity contribution in [3.8, 4) is 11.5 Å². The fraction of sp³-hybridized carbons (Fsp3) is 0.545. The molecule has 3 rings (SSSR count). The number of amides is 1. The molecule has 1 saturated carbocycles. The average molecular weight is 403 g/mol. The van der Waals surface area contributed by atoms with Gasteiger partial charge in [-0.25, -0.2) is 4.98 Å². The minimum Gasteiger partial charge on any atom is -0.497 e. The lowest BCUT2D eigenvalue weighted by Crippen LogP contribution is -2.37. The van der Waals surface area contributed by atoms with E-state index in [2.05, 4.69) is 13.8 Å². The maximum atomic E-state index is 12.9. The van der Waals surface area contributed by atoms with Gasteiger partial charge in [-0.1, -0.05) is 26.7 Å². The van der Waals surface area contributed by atoms with Crippen LogP contribution in [-0.2, 0) is 17.9 Å². The van der Waals surface area contributed by atoms with Crippen LogP contribution in [-0.4, -0.2) is 29.4 Å². The number of thiazole rings is 1. The van der Waals surface area contributed by atoms with E-state index in [9.17, 15) is 4.79 Å². The summed E-state index contributed by atoms with van der Waals surface area (Å²) in [4.78, 5) is 19.6. The van der Waals surface area contributed by atoms with Gasteiger partial charge in [-0.15, -0.1) is 11.3 Å². The summed E-state index contributed by atoms with van der Waals surface area (Å²) in [6.45, 7) is 6.11. The largest absolute Gasteiger partial charge is 0.497 e. The van der Waals surface area contributed by atoms with E-state index in [0.29, 0.717) is 25.0 Å². The van der Waals surface area contributed by atoms with Gasteiger partial charge in [-0.3, -0.25) is 4.79 Å². The van der Waals surface area contributed by atoms with Gasteiger partial charge in [0.2, 0.25) is 5.91 Å². The number of ether oxygens (including phenoxy) is 2. The number of rotatable bonds is 9. The van der Waals surface area contributed by atoms with E-state index >= 15 is 0 Å². The predicted molar refractivity (Wildman–Crippen MR) is 112 cm³/mol. The summed E-state index contributed by atoms with van der Waals surface area (Å²) in [6, 6.07) is 7.53. The average Bonchev–Trinajstić information content (AvgIpc) is 3.37. The SMILES string of the molecule is COc1ccc(OCc2nc(CN(CC(C)C)C(=O)C3CCCC3)cs2)cc1. The second-order valence-corrected chi connectivity index (χ2v) is 8.73. The number of benzene rings is 1. The molecule has 0 bridgehead atoms. The van der Waals surface area contributed by atoms with Crippen molar-refractivity contribution in [2.24, 2.45) is 11.8 Å². The van der Waals surface area contributed by atoms with Crippen LogP contribution in [0.4, 0.5) is 0 Å². The Morgan fingerprint density at radius 2 is 1.89 bits per heavy atom. The summed E-state index contributed by atoms with van der Waals surface area (Å²) in [6.07, 6.45) is 4.42. The fourth-order valence-electron chi connectivity index (χ4n) is 3.60. The van der Waals surface area contributed by atoms with Gasteiger partial charge >= 0.3 is 0 Å². The first kappa shape index (κ1) is 20.6. The molecule has 0 N–H and O–H groups in total. The summed E-state index contributed by atoms with van der Waals surface area (Å²) >= 11 is 1.58.